The number of rotatable bonds is 10. The third-order valence-electron chi connectivity index (χ3n) is 4.21. The number of aromatic nitrogens is 2. The lowest BCUT2D eigenvalue weighted by atomic mass is 10.1. The van der Waals surface area contributed by atoms with Crippen LogP contribution in [0, 0.1) is 5.82 Å². The Morgan fingerprint density at radius 2 is 2.00 bits per heavy atom. The summed E-state index contributed by atoms with van der Waals surface area (Å²) in [4.78, 5) is 24.5. The van der Waals surface area contributed by atoms with Crippen molar-refractivity contribution in [1.82, 2.24) is 15.1 Å². The fourth-order valence-electron chi connectivity index (χ4n) is 2.68. The van der Waals surface area contributed by atoms with Crippen LogP contribution in [-0.4, -0.2) is 39.6 Å². The summed E-state index contributed by atoms with van der Waals surface area (Å²) in [6, 6.07) is 5.17. The first-order chi connectivity index (χ1) is 13.9. The number of unbranched alkanes of at least 4 members (excludes halogenated alkanes) is 1. The van der Waals surface area contributed by atoms with E-state index in [-0.39, 0.29) is 36.9 Å². The molecule has 8 nitrogen and oxygen atoms in total. The maximum Gasteiger partial charge on any atom is 0.343 e. The van der Waals surface area contributed by atoms with Crippen molar-refractivity contribution in [3.05, 3.63) is 47.4 Å². The van der Waals surface area contributed by atoms with Gasteiger partial charge >= 0.3 is 12.0 Å². The monoisotopic (exact) mass is 406 g/mol. The second-order valence-electron chi connectivity index (χ2n) is 6.54. The highest BCUT2D eigenvalue weighted by atomic mass is 19.1. The minimum atomic E-state index is -0.660. The number of urea groups is 1. The van der Waals surface area contributed by atoms with Crippen LogP contribution in [0.1, 0.15) is 49.0 Å². The lowest BCUT2D eigenvalue weighted by Gasteiger charge is -2.15. The van der Waals surface area contributed by atoms with Gasteiger partial charge in [0.15, 0.2) is 0 Å². The maximum atomic E-state index is 13.0. The normalized spacial score (nSPS) is 11.7. The standard InChI is InChI=1S/C20H27FN4O4/c1-3-5-6-16(26)13-25-18(17(12-23-25)19(27)29-4-2)24-20(28)22-11-14-7-9-15(21)10-8-14/h7-10,12,16,26H,3-6,11,13H2,1-2H3,(H2,22,24,28). The lowest BCUT2D eigenvalue weighted by Crippen LogP contribution is -2.31. The summed E-state index contributed by atoms with van der Waals surface area (Å²) in [5.74, 6) is -0.825. The van der Waals surface area contributed by atoms with Crippen LogP contribution in [0.25, 0.3) is 0 Å². The second kappa shape index (κ2) is 11.2. The number of aliphatic hydroxyl groups is 1. The molecule has 0 saturated heterocycles. The molecule has 0 spiro atoms. The highest BCUT2D eigenvalue weighted by molar-refractivity contribution is 5.99. The molecule has 0 aliphatic carbocycles. The number of esters is 1. The molecule has 3 N–H and O–H groups in total. The molecule has 1 aromatic heterocycles. The number of aliphatic hydroxyl groups excluding tert-OH is 1. The van der Waals surface area contributed by atoms with Gasteiger partial charge in [-0.15, -0.1) is 0 Å². The zero-order valence-electron chi connectivity index (χ0n) is 16.7. The van der Waals surface area contributed by atoms with Gasteiger partial charge < -0.3 is 15.2 Å². The second-order valence-corrected chi connectivity index (χ2v) is 6.54. The van der Waals surface area contributed by atoms with E-state index in [4.69, 9.17) is 4.74 Å². The number of anilines is 1. The number of benzene rings is 1. The van der Waals surface area contributed by atoms with Crippen molar-refractivity contribution >= 4 is 17.8 Å². The Labute approximate surface area is 169 Å². The Hall–Kier alpha value is -2.94. The molecule has 0 radical (unpaired) electrons. The summed E-state index contributed by atoms with van der Waals surface area (Å²) in [7, 11) is 0. The van der Waals surface area contributed by atoms with Gasteiger partial charge in [-0.2, -0.15) is 5.10 Å². The molecule has 1 unspecified atom stereocenters. The molecule has 2 amide bonds. The minimum Gasteiger partial charge on any atom is -0.462 e. The Morgan fingerprint density at radius 1 is 1.28 bits per heavy atom. The van der Waals surface area contributed by atoms with E-state index in [0.717, 1.165) is 18.4 Å². The minimum absolute atomic E-state index is 0.103. The number of carbonyl (C=O) groups excluding carboxylic acids is 2. The molecule has 0 bridgehead atoms. The van der Waals surface area contributed by atoms with E-state index in [1.54, 1.807) is 19.1 Å². The maximum absolute atomic E-state index is 13.0. The average Bonchev–Trinajstić information content (AvgIpc) is 3.08. The van der Waals surface area contributed by atoms with E-state index in [1.807, 2.05) is 6.92 Å². The van der Waals surface area contributed by atoms with Gasteiger partial charge in [-0.3, -0.25) is 5.32 Å². The van der Waals surface area contributed by atoms with E-state index < -0.39 is 18.1 Å². The molecule has 9 heteroatoms. The number of hydrogen-bond acceptors (Lipinski definition) is 5. The van der Waals surface area contributed by atoms with E-state index in [1.165, 1.54) is 23.0 Å². The summed E-state index contributed by atoms with van der Waals surface area (Å²) in [6.45, 7) is 4.19. The van der Waals surface area contributed by atoms with E-state index in [9.17, 15) is 19.1 Å². The molecule has 1 aromatic carbocycles. The molecule has 0 aliphatic rings. The number of nitrogens with one attached hydrogen (secondary N) is 2. The zero-order chi connectivity index (χ0) is 21.2. The van der Waals surface area contributed by atoms with Crippen molar-refractivity contribution in [3.8, 4) is 0 Å². The van der Waals surface area contributed by atoms with Crippen LogP contribution in [0.4, 0.5) is 15.0 Å². The van der Waals surface area contributed by atoms with Gasteiger partial charge in [0, 0.05) is 6.54 Å². The number of carbonyl (C=O) groups is 2. The first-order valence-corrected chi connectivity index (χ1v) is 9.64. The van der Waals surface area contributed by atoms with Crippen LogP contribution in [0.5, 0.6) is 0 Å². The zero-order valence-corrected chi connectivity index (χ0v) is 16.7. The van der Waals surface area contributed by atoms with Crippen LogP contribution in [0.2, 0.25) is 0 Å². The summed E-state index contributed by atoms with van der Waals surface area (Å²) in [5, 5.41) is 19.5. The first kappa shape index (κ1) is 22.4. The fraction of sp³-hybridized carbons (Fsp3) is 0.450. The Balaban J connectivity index is 2.09. The Morgan fingerprint density at radius 3 is 2.66 bits per heavy atom. The highest BCUT2D eigenvalue weighted by Crippen LogP contribution is 2.18. The molecule has 0 fully saturated rings. The molecule has 158 valence electrons. The topological polar surface area (TPSA) is 105 Å². The Kier molecular flexibility index (Phi) is 8.60. The smallest absolute Gasteiger partial charge is 0.343 e. The summed E-state index contributed by atoms with van der Waals surface area (Å²) in [6.07, 6.45) is 3.03. The van der Waals surface area contributed by atoms with Gasteiger partial charge in [0.1, 0.15) is 17.2 Å². The van der Waals surface area contributed by atoms with Crippen molar-refractivity contribution in [1.29, 1.82) is 0 Å². The van der Waals surface area contributed by atoms with Crippen LogP contribution < -0.4 is 10.6 Å². The molecule has 2 rings (SSSR count). The van der Waals surface area contributed by atoms with Gasteiger partial charge in [0.05, 0.1) is 25.5 Å². The van der Waals surface area contributed by atoms with Gasteiger partial charge in [-0.05, 0) is 31.0 Å². The van der Waals surface area contributed by atoms with Gasteiger partial charge in [-0.1, -0.05) is 31.9 Å². The summed E-state index contributed by atoms with van der Waals surface area (Å²) < 4.78 is 19.4. The van der Waals surface area contributed by atoms with Crippen LogP contribution in [0.15, 0.2) is 30.5 Å². The Bertz CT molecular complexity index is 807. The van der Waals surface area contributed by atoms with Gasteiger partial charge in [0.2, 0.25) is 0 Å². The van der Waals surface area contributed by atoms with Crippen LogP contribution in [-0.2, 0) is 17.8 Å². The molecule has 1 atom stereocenters. The number of hydrogen-bond donors (Lipinski definition) is 3. The van der Waals surface area contributed by atoms with Crippen molar-refractivity contribution in [2.75, 3.05) is 11.9 Å². The molecular weight excluding hydrogens is 379 g/mol. The van der Waals surface area contributed by atoms with E-state index in [2.05, 4.69) is 15.7 Å². The van der Waals surface area contributed by atoms with Gasteiger partial charge in [-0.25, -0.2) is 18.7 Å². The molecule has 0 aliphatic heterocycles. The number of nitrogens with zero attached hydrogens (tertiary/aromatic N) is 2. The van der Waals surface area contributed by atoms with Crippen molar-refractivity contribution < 1.29 is 23.8 Å². The van der Waals surface area contributed by atoms with Crippen molar-refractivity contribution in [2.45, 2.75) is 52.3 Å². The predicted octanol–water partition coefficient (Wildman–Crippen LogP) is 3.07. The summed E-state index contributed by atoms with van der Waals surface area (Å²) in [5.41, 5.74) is 0.821. The quantitative estimate of drug-likeness (QED) is 0.526. The first-order valence-electron chi connectivity index (χ1n) is 9.64. The SMILES string of the molecule is CCCCC(O)Cn1ncc(C(=O)OCC)c1NC(=O)NCc1ccc(F)cc1. The lowest BCUT2D eigenvalue weighted by molar-refractivity contribution is 0.0527. The third kappa shape index (κ3) is 6.86. The van der Waals surface area contributed by atoms with Crippen molar-refractivity contribution in [3.63, 3.8) is 0 Å². The average molecular weight is 406 g/mol. The highest BCUT2D eigenvalue weighted by Gasteiger charge is 2.22. The van der Waals surface area contributed by atoms with E-state index >= 15 is 0 Å². The van der Waals surface area contributed by atoms with Gasteiger partial charge in [0.25, 0.3) is 0 Å². The summed E-state index contributed by atoms with van der Waals surface area (Å²) >= 11 is 0. The molecule has 0 saturated carbocycles. The number of amides is 2. The molecule has 2 aromatic rings. The number of ether oxygens (including phenoxy) is 1. The number of halogens is 1. The fourth-order valence-corrected chi connectivity index (χ4v) is 2.68. The van der Waals surface area contributed by atoms with Crippen molar-refractivity contribution in [2.24, 2.45) is 0 Å². The van der Waals surface area contributed by atoms with E-state index in [0.29, 0.717) is 6.42 Å². The molecule has 1 heterocycles. The molecule has 29 heavy (non-hydrogen) atoms. The third-order valence-corrected chi connectivity index (χ3v) is 4.21. The largest absolute Gasteiger partial charge is 0.462 e. The molecular formula is C20H27FN4O4. The predicted molar refractivity (Wildman–Crippen MR) is 106 cm³/mol. The van der Waals surface area contributed by atoms with Crippen LogP contribution >= 0.6 is 0 Å². The van der Waals surface area contributed by atoms with Crippen LogP contribution in [0.3, 0.4) is 0 Å².